The summed E-state index contributed by atoms with van der Waals surface area (Å²) in [4.78, 5) is 34.2. The lowest BCUT2D eigenvalue weighted by atomic mass is 10.1. The highest BCUT2D eigenvalue weighted by molar-refractivity contribution is 6.04. The minimum absolute atomic E-state index is 0.126. The minimum Gasteiger partial charge on any atom is -0.497 e. The van der Waals surface area contributed by atoms with Crippen molar-refractivity contribution in [1.82, 2.24) is 9.97 Å². The van der Waals surface area contributed by atoms with E-state index in [1.54, 1.807) is 30.2 Å². The van der Waals surface area contributed by atoms with Crippen molar-refractivity contribution in [2.24, 2.45) is 5.92 Å². The number of nitrogens with one attached hydrogen (secondary N) is 2. The Hall–Kier alpha value is -3.55. The number of carbonyl (C=O) groups excluding carboxylic acids is 2. The summed E-state index contributed by atoms with van der Waals surface area (Å²) in [5, 5.41) is 2.78. The Labute approximate surface area is 161 Å². The van der Waals surface area contributed by atoms with Gasteiger partial charge in [-0.2, -0.15) is 0 Å². The van der Waals surface area contributed by atoms with Gasteiger partial charge < -0.3 is 19.4 Å². The van der Waals surface area contributed by atoms with Crippen LogP contribution < -0.4 is 19.7 Å². The molecule has 4 rings (SSSR count). The number of aromatic amines is 1. The molecule has 3 aromatic rings. The van der Waals surface area contributed by atoms with Crippen molar-refractivity contribution < 1.29 is 19.1 Å². The van der Waals surface area contributed by atoms with Crippen LogP contribution in [0.15, 0.2) is 42.5 Å². The second-order valence-corrected chi connectivity index (χ2v) is 6.53. The number of hydrogen-bond acceptors (Lipinski definition) is 5. The van der Waals surface area contributed by atoms with Gasteiger partial charge in [0.25, 0.3) is 0 Å². The van der Waals surface area contributed by atoms with Crippen LogP contribution in [0, 0.1) is 5.92 Å². The Morgan fingerprint density at radius 3 is 2.79 bits per heavy atom. The molecule has 2 heterocycles. The molecule has 8 heteroatoms. The fourth-order valence-electron chi connectivity index (χ4n) is 3.35. The minimum atomic E-state index is -0.479. The third-order valence-electron chi connectivity index (χ3n) is 4.80. The number of hydrogen-bond donors (Lipinski definition) is 2. The predicted octanol–water partition coefficient (Wildman–Crippen LogP) is 2.57. The normalized spacial score (nSPS) is 16.4. The van der Waals surface area contributed by atoms with Crippen LogP contribution in [0.25, 0.3) is 11.0 Å². The van der Waals surface area contributed by atoms with Gasteiger partial charge in [-0.3, -0.25) is 14.9 Å². The maximum absolute atomic E-state index is 12.7. The molecular weight excluding hydrogens is 360 g/mol. The number of nitrogens with zero attached hydrogens (tertiary/aromatic N) is 2. The molecule has 0 radical (unpaired) electrons. The lowest BCUT2D eigenvalue weighted by Crippen LogP contribution is -2.28. The SMILES string of the molecule is COc1ccc(N2C[C@@H](C(=O)Nc3nc4ccccc4[nH]3)CC2=O)c(OC)c1. The van der Waals surface area contributed by atoms with Crippen LogP contribution in [-0.4, -0.2) is 42.5 Å². The van der Waals surface area contributed by atoms with Crippen LogP contribution in [0.3, 0.4) is 0 Å². The van der Waals surface area contributed by atoms with Crippen molar-refractivity contribution in [2.45, 2.75) is 6.42 Å². The zero-order valence-corrected chi connectivity index (χ0v) is 15.6. The van der Waals surface area contributed by atoms with E-state index in [2.05, 4.69) is 15.3 Å². The Kier molecular flexibility index (Phi) is 4.60. The van der Waals surface area contributed by atoms with Gasteiger partial charge in [0.2, 0.25) is 17.8 Å². The van der Waals surface area contributed by atoms with E-state index >= 15 is 0 Å². The topological polar surface area (TPSA) is 96.5 Å². The molecule has 144 valence electrons. The third kappa shape index (κ3) is 3.24. The van der Waals surface area contributed by atoms with E-state index in [1.165, 1.54) is 7.11 Å². The number of anilines is 2. The largest absolute Gasteiger partial charge is 0.497 e. The quantitative estimate of drug-likeness (QED) is 0.709. The number of amides is 2. The molecule has 0 spiro atoms. The molecule has 2 aromatic carbocycles. The van der Waals surface area contributed by atoms with Crippen LogP contribution in [-0.2, 0) is 9.59 Å². The number of rotatable bonds is 5. The van der Waals surface area contributed by atoms with Gasteiger partial charge in [0.15, 0.2) is 0 Å². The number of fused-ring (bicyclic) bond motifs is 1. The molecule has 0 bridgehead atoms. The summed E-state index contributed by atoms with van der Waals surface area (Å²) in [5.74, 6) is 0.666. The van der Waals surface area contributed by atoms with Gasteiger partial charge in [0.1, 0.15) is 11.5 Å². The molecule has 8 nitrogen and oxygen atoms in total. The van der Waals surface area contributed by atoms with Gasteiger partial charge in [0.05, 0.1) is 36.9 Å². The van der Waals surface area contributed by atoms with Gasteiger partial charge in [-0.05, 0) is 24.3 Å². The number of imidazole rings is 1. The maximum atomic E-state index is 12.7. The monoisotopic (exact) mass is 380 g/mol. The summed E-state index contributed by atoms with van der Waals surface area (Å²) in [7, 11) is 3.10. The second-order valence-electron chi connectivity index (χ2n) is 6.53. The van der Waals surface area contributed by atoms with Gasteiger partial charge in [-0.1, -0.05) is 12.1 Å². The smallest absolute Gasteiger partial charge is 0.232 e. The van der Waals surface area contributed by atoms with Crippen LogP contribution in [0.2, 0.25) is 0 Å². The standard InChI is InChI=1S/C20H20N4O4/c1-27-13-7-8-16(17(10-13)28-2)24-11-12(9-18(24)25)19(26)23-20-21-14-5-3-4-6-15(14)22-20/h3-8,10,12H,9,11H2,1-2H3,(H2,21,22,23,26)/t12-/m0/s1. The Morgan fingerprint density at radius 1 is 1.21 bits per heavy atom. The molecule has 0 aliphatic carbocycles. The van der Waals surface area contributed by atoms with Crippen molar-refractivity contribution in [1.29, 1.82) is 0 Å². The molecule has 1 saturated heterocycles. The molecule has 1 aliphatic rings. The summed E-state index contributed by atoms with van der Waals surface area (Å²) < 4.78 is 10.6. The van der Waals surface area contributed by atoms with Crippen molar-refractivity contribution >= 4 is 34.5 Å². The van der Waals surface area contributed by atoms with Gasteiger partial charge in [-0.15, -0.1) is 0 Å². The van der Waals surface area contributed by atoms with E-state index in [-0.39, 0.29) is 24.8 Å². The van der Waals surface area contributed by atoms with Crippen LogP contribution in [0.4, 0.5) is 11.6 Å². The van der Waals surface area contributed by atoms with Crippen LogP contribution >= 0.6 is 0 Å². The highest BCUT2D eigenvalue weighted by Gasteiger charge is 2.36. The molecule has 1 aromatic heterocycles. The summed E-state index contributed by atoms with van der Waals surface area (Å²) in [6.45, 7) is 0.271. The fraction of sp³-hybridized carbons (Fsp3) is 0.250. The van der Waals surface area contributed by atoms with E-state index in [0.717, 1.165) is 11.0 Å². The average molecular weight is 380 g/mol. The molecule has 28 heavy (non-hydrogen) atoms. The molecule has 2 amide bonds. The van der Waals surface area contributed by atoms with Gasteiger partial charge >= 0.3 is 0 Å². The Bertz CT molecular complexity index is 1010. The van der Waals surface area contributed by atoms with Crippen molar-refractivity contribution in [3.63, 3.8) is 0 Å². The predicted molar refractivity (Wildman–Crippen MR) is 105 cm³/mol. The number of ether oxygens (including phenoxy) is 2. The number of methoxy groups -OCH3 is 2. The number of carbonyl (C=O) groups is 2. The van der Waals surface area contributed by atoms with E-state index in [9.17, 15) is 9.59 Å². The number of aromatic nitrogens is 2. The zero-order valence-electron chi connectivity index (χ0n) is 15.6. The first-order valence-electron chi connectivity index (χ1n) is 8.87. The Balaban J connectivity index is 1.50. The summed E-state index contributed by atoms with van der Waals surface area (Å²) in [6.07, 6.45) is 0.126. The number of para-hydroxylation sites is 2. The summed E-state index contributed by atoms with van der Waals surface area (Å²) >= 11 is 0. The van der Waals surface area contributed by atoms with Crippen molar-refractivity contribution in [3.8, 4) is 11.5 Å². The summed E-state index contributed by atoms with van der Waals surface area (Å²) in [5.41, 5.74) is 2.22. The van der Waals surface area contributed by atoms with E-state index in [1.807, 2.05) is 24.3 Å². The first-order chi connectivity index (χ1) is 13.6. The number of benzene rings is 2. The highest BCUT2D eigenvalue weighted by Crippen LogP contribution is 2.36. The first-order valence-corrected chi connectivity index (χ1v) is 8.87. The molecule has 2 N–H and O–H groups in total. The lowest BCUT2D eigenvalue weighted by Gasteiger charge is -2.20. The maximum Gasteiger partial charge on any atom is 0.232 e. The lowest BCUT2D eigenvalue weighted by molar-refractivity contribution is -0.122. The van der Waals surface area contributed by atoms with Crippen molar-refractivity contribution in [3.05, 3.63) is 42.5 Å². The molecule has 1 fully saturated rings. The van der Waals surface area contributed by atoms with E-state index in [4.69, 9.17) is 9.47 Å². The Morgan fingerprint density at radius 2 is 2.04 bits per heavy atom. The second kappa shape index (κ2) is 7.22. The molecule has 0 saturated carbocycles. The third-order valence-corrected chi connectivity index (χ3v) is 4.80. The molecular formula is C20H20N4O4. The summed E-state index contributed by atoms with van der Waals surface area (Å²) in [6, 6.07) is 12.7. The van der Waals surface area contributed by atoms with Crippen LogP contribution in [0.1, 0.15) is 6.42 Å². The van der Waals surface area contributed by atoms with E-state index < -0.39 is 5.92 Å². The van der Waals surface area contributed by atoms with Gasteiger partial charge in [0, 0.05) is 19.0 Å². The average Bonchev–Trinajstić information content (AvgIpc) is 3.30. The fourth-order valence-corrected chi connectivity index (χ4v) is 3.35. The molecule has 1 atom stereocenters. The van der Waals surface area contributed by atoms with Crippen molar-refractivity contribution in [2.75, 3.05) is 31.0 Å². The first kappa shape index (κ1) is 17.8. The molecule has 1 aliphatic heterocycles. The number of H-pyrrole nitrogens is 1. The van der Waals surface area contributed by atoms with Gasteiger partial charge in [-0.25, -0.2) is 4.98 Å². The highest BCUT2D eigenvalue weighted by atomic mass is 16.5. The molecule has 0 unspecified atom stereocenters. The zero-order chi connectivity index (χ0) is 19.7. The van der Waals surface area contributed by atoms with Crippen LogP contribution in [0.5, 0.6) is 11.5 Å². The van der Waals surface area contributed by atoms with E-state index in [0.29, 0.717) is 23.1 Å².